The van der Waals surface area contributed by atoms with Gasteiger partial charge in [0.15, 0.2) is 0 Å². The van der Waals surface area contributed by atoms with Gasteiger partial charge in [0.25, 0.3) is 0 Å². The Bertz CT molecular complexity index is 474. The molecule has 0 aliphatic carbocycles. The number of aliphatic hydroxyl groups is 1. The van der Waals surface area contributed by atoms with Crippen LogP contribution in [0.2, 0.25) is 0 Å². The first-order chi connectivity index (χ1) is 10.0. The van der Waals surface area contributed by atoms with Crippen molar-refractivity contribution >= 4 is 0 Å². The van der Waals surface area contributed by atoms with Crippen molar-refractivity contribution in [3.63, 3.8) is 0 Å². The summed E-state index contributed by atoms with van der Waals surface area (Å²) in [5, 5.41) is 10.8. The van der Waals surface area contributed by atoms with Gasteiger partial charge in [0.1, 0.15) is 5.75 Å². The highest BCUT2D eigenvalue weighted by Gasteiger charge is 2.40. The van der Waals surface area contributed by atoms with Crippen molar-refractivity contribution in [1.82, 2.24) is 4.90 Å². The summed E-state index contributed by atoms with van der Waals surface area (Å²) >= 11 is 0. The Balaban J connectivity index is 1.72. The maximum atomic E-state index is 10.8. The molecule has 2 heterocycles. The predicted molar refractivity (Wildman–Crippen MR) is 84.5 cm³/mol. The van der Waals surface area contributed by atoms with E-state index in [1.165, 1.54) is 12.8 Å². The zero-order valence-corrected chi connectivity index (χ0v) is 13.3. The molecular formula is C18H27NO2. The molecule has 0 saturated carbocycles. The summed E-state index contributed by atoms with van der Waals surface area (Å²) in [6.45, 7) is 4.05. The summed E-state index contributed by atoms with van der Waals surface area (Å²) in [7, 11) is 2.24. The minimum absolute atomic E-state index is 0.163. The first kappa shape index (κ1) is 14.9. The molecule has 2 fully saturated rings. The number of hydrogen-bond acceptors (Lipinski definition) is 3. The van der Waals surface area contributed by atoms with Gasteiger partial charge in [-0.05, 0) is 70.2 Å². The van der Waals surface area contributed by atoms with Gasteiger partial charge in [-0.15, -0.1) is 0 Å². The Morgan fingerprint density at radius 2 is 1.86 bits per heavy atom. The standard InChI is InChI=1S/C18H27NO2/c1-12(2)21-17-6-4-5-13(11-17)18(20)14-9-15-7-8-16(10-14)19(15)3/h4-6,11-12,14-16,18,20H,7-10H2,1-3H3. The van der Waals surface area contributed by atoms with Gasteiger partial charge in [-0.1, -0.05) is 12.1 Å². The minimum Gasteiger partial charge on any atom is -0.491 e. The largest absolute Gasteiger partial charge is 0.491 e. The fourth-order valence-electron chi connectivity index (χ4n) is 4.03. The molecule has 1 aromatic rings. The highest BCUT2D eigenvalue weighted by atomic mass is 16.5. The predicted octanol–water partition coefficient (Wildman–Crippen LogP) is 3.38. The molecule has 3 nitrogen and oxygen atoms in total. The van der Waals surface area contributed by atoms with Crippen molar-refractivity contribution in [3.05, 3.63) is 29.8 Å². The number of benzene rings is 1. The molecule has 0 spiro atoms. The Labute approximate surface area is 127 Å². The lowest BCUT2D eigenvalue weighted by Crippen LogP contribution is -2.41. The van der Waals surface area contributed by atoms with Gasteiger partial charge >= 0.3 is 0 Å². The maximum absolute atomic E-state index is 10.8. The molecule has 1 N–H and O–H groups in total. The number of aliphatic hydroxyl groups excluding tert-OH is 1. The Hall–Kier alpha value is -1.06. The second kappa shape index (κ2) is 5.98. The fourth-order valence-corrected chi connectivity index (χ4v) is 4.03. The van der Waals surface area contributed by atoms with Crippen LogP contribution in [-0.4, -0.2) is 35.2 Å². The quantitative estimate of drug-likeness (QED) is 0.922. The summed E-state index contributed by atoms with van der Waals surface area (Å²) in [4.78, 5) is 2.52. The van der Waals surface area contributed by atoms with Crippen LogP contribution in [0.4, 0.5) is 0 Å². The topological polar surface area (TPSA) is 32.7 Å². The van der Waals surface area contributed by atoms with Crippen LogP contribution in [0, 0.1) is 5.92 Å². The van der Waals surface area contributed by atoms with Crippen molar-refractivity contribution in [2.24, 2.45) is 5.92 Å². The molecule has 1 aromatic carbocycles. The number of hydrogen-bond donors (Lipinski definition) is 1. The van der Waals surface area contributed by atoms with E-state index in [1.54, 1.807) is 0 Å². The van der Waals surface area contributed by atoms with Crippen molar-refractivity contribution in [2.45, 2.75) is 63.8 Å². The minimum atomic E-state index is -0.363. The second-order valence-electron chi connectivity index (χ2n) is 6.97. The molecule has 3 unspecified atom stereocenters. The van der Waals surface area contributed by atoms with Crippen LogP contribution >= 0.6 is 0 Å². The van der Waals surface area contributed by atoms with E-state index in [0.717, 1.165) is 24.2 Å². The van der Waals surface area contributed by atoms with Crippen molar-refractivity contribution in [3.8, 4) is 5.75 Å². The molecular weight excluding hydrogens is 262 g/mol. The third-order valence-electron chi connectivity index (χ3n) is 5.15. The molecule has 0 amide bonds. The highest BCUT2D eigenvalue weighted by molar-refractivity contribution is 5.30. The average Bonchev–Trinajstić information content (AvgIpc) is 2.67. The van der Waals surface area contributed by atoms with Gasteiger partial charge in [0.05, 0.1) is 12.2 Å². The van der Waals surface area contributed by atoms with Crippen molar-refractivity contribution in [2.75, 3.05) is 7.05 Å². The maximum Gasteiger partial charge on any atom is 0.120 e. The summed E-state index contributed by atoms with van der Waals surface area (Å²) in [5.41, 5.74) is 1.00. The lowest BCUT2D eigenvalue weighted by molar-refractivity contribution is 0.0354. The fraction of sp³-hybridized carbons (Fsp3) is 0.667. The van der Waals surface area contributed by atoms with Crippen LogP contribution in [0.5, 0.6) is 5.75 Å². The molecule has 0 radical (unpaired) electrons. The molecule has 2 aliphatic heterocycles. The van der Waals surface area contributed by atoms with Gasteiger partial charge in [-0.3, -0.25) is 0 Å². The number of ether oxygens (including phenoxy) is 1. The van der Waals surface area contributed by atoms with Crippen LogP contribution in [0.15, 0.2) is 24.3 Å². The first-order valence-electron chi connectivity index (χ1n) is 8.21. The van der Waals surface area contributed by atoms with E-state index < -0.39 is 0 Å². The lowest BCUT2D eigenvalue weighted by atomic mass is 9.84. The van der Waals surface area contributed by atoms with E-state index in [0.29, 0.717) is 18.0 Å². The SMILES string of the molecule is CC(C)Oc1cccc(C(O)C2CC3CCC(C2)N3C)c1. The van der Waals surface area contributed by atoms with Crippen molar-refractivity contribution < 1.29 is 9.84 Å². The van der Waals surface area contributed by atoms with Gasteiger partial charge in [0.2, 0.25) is 0 Å². The van der Waals surface area contributed by atoms with Crippen LogP contribution in [0.3, 0.4) is 0 Å². The van der Waals surface area contributed by atoms with Crippen LogP contribution in [-0.2, 0) is 0 Å². The zero-order chi connectivity index (χ0) is 15.0. The summed E-state index contributed by atoms with van der Waals surface area (Å²) < 4.78 is 5.74. The van der Waals surface area contributed by atoms with Crippen LogP contribution in [0.1, 0.15) is 51.2 Å². The monoisotopic (exact) mass is 289 g/mol. The van der Waals surface area contributed by atoms with E-state index in [2.05, 4.69) is 11.9 Å². The van der Waals surface area contributed by atoms with Gasteiger partial charge < -0.3 is 14.7 Å². The number of fused-ring (bicyclic) bond motifs is 2. The summed E-state index contributed by atoms with van der Waals surface area (Å²) in [6, 6.07) is 9.31. The summed E-state index contributed by atoms with van der Waals surface area (Å²) in [6.07, 6.45) is 4.61. The second-order valence-corrected chi connectivity index (χ2v) is 6.97. The smallest absolute Gasteiger partial charge is 0.120 e. The first-order valence-corrected chi connectivity index (χ1v) is 8.21. The molecule has 2 saturated heterocycles. The van der Waals surface area contributed by atoms with Crippen LogP contribution < -0.4 is 4.74 Å². The van der Waals surface area contributed by atoms with E-state index in [-0.39, 0.29) is 12.2 Å². The highest BCUT2D eigenvalue weighted by Crippen LogP contribution is 2.42. The third kappa shape index (κ3) is 3.09. The molecule has 3 atom stereocenters. The summed E-state index contributed by atoms with van der Waals surface area (Å²) in [5.74, 6) is 1.24. The van der Waals surface area contributed by atoms with E-state index >= 15 is 0 Å². The zero-order valence-electron chi connectivity index (χ0n) is 13.3. The molecule has 3 heteroatoms. The van der Waals surface area contributed by atoms with E-state index in [1.807, 2.05) is 38.1 Å². The average molecular weight is 289 g/mol. The Morgan fingerprint density at radius 3 is 2.48 bits per heavy atom. The number of rotatable bonds is 4. The molecule has 3 rings (SSSR count). The van der Waals surface area contributed by atoms with Gasteiger partial charge in [0, 0.05) is 12.1 Å². The number of piperidine rings is 1. The van der Waals surface area contributed by atoms with Crippen molar-refractivity contribution in [1.29, 1.82) is 0 Å². The van der Waals surface area contributed by atoms with Crippen LogP contribution in [0.25, 0.3) is 0 Å². The molecule has 0 aromatic heterocycles. The molecule has 21 heavy (non-hydrogen) atoms. The Morgan fingerprint density at radius 1 is 1.19 bits per heavy atom. The number of nitrogens with zero attached hydrogens (tertiary/aromatic N) is 1. The Kier molecular flexibility index (Phi) is 4.23. The molecule has 2 aliphatic rings. The van der Waals surface area contributed by atoms with E-state index in [9.17, 15) is 5.11 Å². The molecule has 2 bridgehead atoms. The lowest BCUT2D eigenvalue weighted by Gasteiger charge is -2.38. The van der Waals surface area contributed by atoms with Gasteiger partial charge in [-0.2, -0.15) is 0 Å². The van der Waals surface area contributed by atoms with E-state index in [4.69, 9.17) is 4.74 Å². The van der Waals surface area contributed by atoms with Gasteiger partial charge in [-0.25, -0.2) is 0 Å². The molecule has 116 valence electrons. The normalized spacial score (nSPS) is 30.6. The third-order valence-corrected chi connectivity index (χ3v) is 5.15.